The Morgan fingerprint density at radius 3 is 2.29 bits per heavy atom. The SMILES string of the molecule is CN(C)[C@]1(c2ccccc2)CC[C@]2(CC1)CN(c1ccc(OC(F)(F)F)cn1)C(=O)N2. The van der Waals surface area contributed by atoms with E-state index >= 15 is 0 Å². The largest absolute Gasteiger partial charge is 0.573 e. The molecule has 2 amide bonds. The molecule has 0 atom stereocenters. The Hall–Kier alpha value is -2.81. The lowest BCUT2D eigenvalue weighted by Gasteiger charge is -2.48. The number of nitrogens with zero attached hydrogens (tertiary/aromatic N) is 3. The minimum atomic E-state index is -4.78. The van der Waals surface area contributed by atoms with Gasteiger partial charge < -0.3 is 10.1 Å². The van der Waals surface area contributed by atoms with Crippen molar-refractivity contribution in [1.29, 1.82) is 0 Å². The monoisotopic (exact) mass is 434 g/mol. The molecule has 2 aliphatic rings. The number of carbonyl (C=O) groups excluding carboxylic acids is 1. The lowest BCUT2D eigenvalue weighted by atomic mass is 9.69. The van der Waals surface area contributed by atoms with Gasteiger partial charge in [-0.05, 0) is 57.5 Å². The van der Waals surface area contributed by atoms with E-state index in [0.717, 1.165) is 31.9 Å². The second-order valence-corrected chi connectivity index (χ2v) is 8.49. The van der Waals surface area contributed by atoms with Crippen LogP contribution in [0.4, 0.5) is 23.8 Å². The van der Waals surface area contributed by atoms with Crippen LogP contribution < -0.4 is 15.0 Å². The number of pyridine rings is 1. The summed E-state index contributed by atoms with van der Waals surface area (Å²) in [6.45, 7) is 0.427. The molecule has 1 N–H and O–H groups in total. The molecule has 2 fully saturated rings. The fourth-order valence-electron chi connectivity index (χ4n) is 4.79. The van der Waals surface area contributed by atoms with Gasteiger partial charge in [-0.3, -0.25) is 9.80 Å². The summed E-state index contributed by atoms with van der Waals surface area (Å²) in [5.74, 6) is -0.113. The maximum Gasteiger partial charge on any atom is 0.573 e. The zero-order valence-electron chi connectivity index (χ0n) is 17.4. The fourth-order valence-corrected chi connectivity index (χ4v) is 4.79. The van der Waals surface area contributed by atoms with Gasteiger partial charge in [0.1, 0.15) is 11.6 Å². The average Bonchev–Trinajstić information content (AvgIpc) is 3.04. The highest BCUT2D eigenvalue weighted by Crippen LogP contribution is 2.46. The smallest absolute Gasteiger partial charge is 0.404 e. The summed E-state index contributed by atoms with van der Waals surface area (Å²) in [6.07, 6.45) is -0.463. The van der Waals surface area contributed by atoms with Crippen LogP contribution in [0.1, 0.15) is 31.2 Å². The highest BCUT2D eigenvalue weighted by molar-refractivity contribution is 5.94. The summed E-state index contributed by atoms with van der Waals surface area (Å²) in [5.41, 5.74) is 0.784. The third kappa shape index (κ3) is 4.19. The highest BCUT2D eigenvalue weighted by Gasteiger charge is 2.50. The van der Waals surface area contributed by atoms with Crippen molar-refractivity contribution in [2.24, 2.45) is 0 Å². The number of anilines is 1. The molecule has 1 aromatic heterocycles. The molecule has 1 aliphatic heterocycles. The Kier molecular flexibility index (Phi) is 5.33. The van der Waals surface area contributed by atoms with Crippen molar-refractivity contribution in [1.82, 2.24) is 15.2 Å². The van der Waals surface area contributed by atoms with E-state index in [2.05, 4.69) is 46.2 Å². The molecule has 166 valence electrons. The van der Waals surface area contributed by atoms with Gasteiger partial charge in [0.2, 0.25) is 0 Å². The summed E-state index contributed by atoms with van der Waals surface area (Å²) < 4.78 is 40.9. The average molecular weight is 434 g/mol. The van der Waals surface area contributed by atoms with Gasteiger partial charge in [0, 0.05) is 5.54 Å². The third-order valence-corrected chi connectivity index (χ3v) is 6.51. The maximum absolute atomic E-state index is 12.7. The van der Waals surface area contributed by atoms with Crippen LogP contribution in [0.25, 0.3) is 0 Å². The Morgan fingerprint density at radius 1 is 1.06 bits per heavy atom. The number of hydrogen-bond donors (Lipinski definition) is 1. The molecule has 1 spiro atoms. The lowest BCUT2D eigenvalue weighted by molar-refractivity contribution is -0.274. The molecule has 2 aromatic rings. The van der Waals surface area contributed by atoms with Crippen molar-refractivity contribution in [3.8, 4) is 5.75 Å². The number of halogens is 3. The minimum Gasteiger partial charge on any atom is -0.404 e. The molecule has 1 saturated carbocycles. The molecule has 2 heterocycles. The number of urea groups is 1. The standard InChI is InChI=1S/C22H25F3N4O2/c1-28(2)21(16-6-4-3-5-7-16)12-10-20(11-13-21)15-29(19(30)27-20)18-9-8-17(14-26-18)31-22(23,24)25/h3-9,14H,10-13,15H2,1-2H3,(H,27,30)/t20-,21+. The second-order valence-electron chi connectivity index (χ2n) is 8.49. The normalized spacial score (nSPS) is 26.4. The predicted molar refractivity (Wildman–Crippen MR) is 110 cm³/mol. The Morgan fingerprint density at radius 2 is 1.74 bits per heavy atom. The first-order valence-electron chi connectivity index (χ1n) is 10.2. The van der Waals surface area contributed by atoms with E-state index in [1.165, 1.54) is 22.6 Å². The quantitative estimate of drug-likeness (QED) is 0.781. The summed E-state index contributed by atoms with van der Waals surface area (Å²) in [6, 6.07) is 12.6. The van der Waals surface area contributed by atoms with Crippen molar-refractivity contribution < 1.29 is 22.7 Å². The van der Waals surface area contributed by atoms with Crippen molar-refractivity contribution in [2.75, 3.05) is 25.5 Å². The van der Waals surface area contributed by atoms with Gasteiger partial charge in [0.15, 0.2) is 0 Å². The Bertz CT molecular complexity index is 924. The first-order chi connectivity index (χ1) is 14.6. The van der Waals surface area contributed by atoms with E-state index in [1.54, 1.807) is 0 Å². The number of amides is 2. The predicted octanol–water partition coefficient (Wildman–Crippen LogP) is 4.28. The number of aromatic nitrogens is 1. The van der Waals surface area contributed by atoms with Crippen LogP contribution in [0.5, 0.6) is 5.75 Å². The molecule has 1 aromatic carbocycles. The summed E-state index contributed by atoms with van der Waals surface area (Å²) in [5, 5.41) is 3.12. The van der Waals surface area contributed by atoms with Gasteiger partial charge >= 0.3 is 12.4 Å². The number of hydrogen-bond acceptors (Lipinski definition) is 4. The second kappa shape index (κ2) is 7.71. The molecule has 4 rings (SSSR count). The van der Waals surface area contributed by atoms with Gasteiger partial charge in [-0.2, -0.15) is 0 Å². The van der Waals surface area contributed by atoms with Gasteiger partial charge in [-0.1, -0.05) is 30.3 Å². The lowest BCUT2D eigenvalue weighted by Crippen LogP contribution is -2.54. The van der Waals surface area contributed by atoms with E-state index < -0.39 is 12.1 Å². The van der Waals surface area contributed by atoms with E-state index in [-0.39, 0.29) is 17.1 Å². The number of nitrogens with one attached hydrogen (secondary N) is 1. The highest BCUT2D eigenvalue weighted by atomic mass is 19.4. The van der Waals surface area contributed by atoms with Gasteiger partial charge in [0.05, 0.1) is 18.3 Å². The van der Waals surface area contributed by atoms with Crippen LogP contribution in [0, 0.1) is 0 Å². The summed E-state index contributed by atoms with van der Waals surface area (Å²) in [4.78, 5) is 20.4. The first-order valence-corrected chi connectivity index (χ1v) is 10.2. The van der Waals surface area contributed by atoms with E-state index in [4.69, 9.17) is 0 Å². The molecular weight excluding hydrogens is 409 g/mol. The molecule has 9 heteroatoms. The number of carbonyl (C=O) groups is 1. The molecule has 1 saturated heterocycles. The van der Waals surface area contributed by atoms with Crippen LogP contribution in [0.2, 0.25) is 0 Å². The zero-order valence-corrected chi connectivity index (χ0v) is 17.4. The summed E-state index contributed by atoms with van der Waals surface area (Å²) >= 11 is 0. The van der Waals surface area contributed by atoms with Crippen molar-refractivity contribution in [3.05, 3.63) is 54.2 Å². The van der Waals surface area contributed by atoms with E-state index in [9.17, 15) is 18.0 Å². The number of rotatable bonds is 4. The maximum atomic E-state index is 12.7. The molecule has 0 bridgehead atoms. The molecule has 6 nitrogen and oxygen atoms in total. The summed E-state index contributed by atoms with van der Waals surface area (Å²) in [7, 11) is 4.16. The first kappa shape index (κ1) is 21.4. The zero-order chi connectivity index (χ0) is 22.3. The Balaban J connectivity index is 1.48. The molecular formula is C22H25F3N4O2. The Labute approximate surface area is 179 Å². The molecule has 1 aliphatic carbocycles. The molecule has 31 heavy (non-hydrogen) atoms. The van der Waals surface area contributed by atoms with Gasteiger partial charge in [0.25, 0.3) is 0 Å². The van der Waals surface area contributed by atoms with Gasteiger partial charge in [-0.25, -0.2) is 9.78 Å². The topological polar surface area (TPSA) is 57.7 Å². The molecule has 0 unspecified atom stereocenters. The number of benzene rings is 1. The molecule has 0 radical (unpaired) electrons. The van der Waals surface area contributed by atoms with E-state index in [1.807, 2.05) is 18.2 Å². The van der Waals surface area contributed by atoms with E-state index in [0.29, 0.717) is 12.4 Å². The number of ether oxygens (including phenoxy) is 1. The third-order valence-electron chi connectivity index (χ3n) is 6.51. The van der Waals surface area contributed by atoms with Crippen LogP contribution in [-0.2, 0) is 5.54 Å². The fraction of sp³-hybridized carbons (Fsp3) is 0.455. The van der Waals surface area contributed by atoms with Crippen LogP contribution in [0.3, 0.4) is 0 Å². The van der Waals surface area contributed by atoms with Gasteiger partial charge in [-0.15, -0.1) is 13.2 Å². The van der Waals surface area contributed by atoms with Crippen LogP contribution >= 0.6 is 0 Å². The van der Waals surface area contributed by atoms with Crippen molar-refractivity contribution in [2.45, 2.75) is 43.1 Å². The minimum absolute atomic E-state index is 0.0977. The van der Waals surface area contributed by atoms with Crippen molar-refractivity contribution in [3.63, 3.8) is 0 Å². The van der Waals surface area contributed by atoms with Crippen molar-refractivity contribution >= 4 is 11.8 Å². The van der Waals surface area contributed by atoms with Crippen LogP contribution in [0.15, 0.2) is 48.7 Å². The van der Waals surface area contributed by atoms with Crippen LogP contribution in [-0.4, -0.2) is 48.5 Å². The number of alkyl halides is 3.